The maximum Gasteiger partial charge on any atom is 0.291 e. The van der Waals surface area contributed by atoms with Crippen molar-refractivity contribution in [2.24, 2.45) is 0 Å². The van der Waals surface area contributed by atoms with Crippen molar-refractivity contribution in [1.29, 1.82) is 0 Å². The number of aryl methyl sites for hydroxylation is 1. The van der Waals surface area contributed by atoms with E-state index in [0.717, 1.165) is 5.56 Å². The van der Waals surface area contributed by atoms with Crippen LogP contribution in [0.4, 0.5) is 5.69 Å². The fourth-order valence-electron chi connectivity index (χ4n) is 1.66. The Labute approximate surface area is 116 Å². The van der Waals surface area contributed by atoms with E-state index in [1.165, 1.54) is 0 Å². The second kappa shape index (κ2) is 5.80. The van der Waals surface area contributed by atoms with E-state index in [4.69, 9.17) is 20.8 Å². The smallest absolute Gasteiger partial charge is 0.291 e. The van der Waals surface area contributed by atoms with Crippen molar-refractivity contribution < 1.29 is 13.9 Å². The maximum absolute atomic E-state index is 12.0. The zero-order valence-electron chi connectivity index (χ0n) is 10.7. The van der Waals surface area contributed by atoms with Gasteiger partial charge in [-0.05, 0) is 25.1 Å². The Morgan fingerprint density at radius 2 is 2.21 bits per heavy atom. The van der Waals surface area contributed by atoms with Gasteiger partial charge in [-0.25, -0.2) is 0 Å². The lowest BCUT2D eigenvalue weighted by Gasteiger charge is -2.05. The average molecular weight is 280 g/mol. The van der Waals surface area contributed by atoms with Gasteiger partial charge in [0.2, 0.25) is 0 Å². The standard InChI is InChI=1S/C14H14ClNO3/c1-9-10(8-15)6-13(19-9)14(17)16-11-4-3-5-12(7-11)18-2/h3-7H,8H2,1-2H3,(H,16,17). The molecule has 0 aliphatic carbocycles. The van der Waals surface area contributed by atoms with Crippen molar-refractivity contribution in [2.75, 3.05) is 12.4 Å². The number of rotatable bonds is 4. The normalized spacial score (nSPS) is 10.3. The van der Waals surface area contributed by atoms with Gasteiger partial charge in [-0.1, -0.05) is 6.07 Å². The Bertz CT molecular complexity index is 592. The first-order chi connectivity index (χ1) is 9.13. The van der Waals surface area contributed by atoms with Crippen LogP contribution >= 0.6 is 11.6 Å². The van der Waals surface area contributed by atoms with E-state index in [1.807, 2.05) is 0 Å². The first-order valence-electron chi connectivity index (χ1n) is 5.74. The fraction of sp³-hybridized carbons (Fsp3) is 0.214. The molecule has 0 atom stereocenters. The number of ether oxygens (including phenoxy) is 1. The molecule has 0 aliphatic heterocycles. The third-order valence-electron chi connectivity index (χ3n) is 2.72. The van der Waals surface area contributed by atoms with Crippen molar-refractivity contribution in [3.8, 4) is 5.75 Å². The highest BCUT2D eigenvalue weighted by molar-refractivity contribution is 6.17. The lowest BCUT2D eigenvalue weighted by molar-refractivity contribution is 0.0995. The number of nitrogens with one attached hydrogen (secondary N) is 1. The number of methoxy groups -OCH3 is 1. The molecule has 0 aliphatic rings. The van der Waals surface area contributed by atoms with Crippen molar-refractivity contribution in [2.45, 2.75) is 12.8 Å². The monoisotopic (exact) mass is 279 g/mol. The summed E-state index contributed by atoms with van der Waals surface area (Å²) in [6.07, 6.45) is 0. The van der Waals surface area contributed by atoms with Crippen LogP contribution in [0.2, 0.25) is 0 Å². The first-order valence-corrected chi connectivity index (χ1v) is 6.28. The second-order valence-electron chi connectivity index (χ2n) is 4.01. The minimum absolute atomic E-state index is 0.246. The number of anilines is 1. The van der Waals surface area contributed by atoms with Crippen LogP contribution in [0, 0.1) is 6.92 Å². The van der Waals surface area contributed by atoms with Gasteiger partial charge in [-0.2, -0.15) is 0 Å². The highest BCUT2D eigenvalue weighted by atomic mass is 35.5. The van der Waals surface area contributed by atoms with Crippen LogP contribution in [0.5, 0.6) is 5.75 Å². The molecule has 0 spiro atoms. The molecule has 100 valence electrons. The molecule has 4 nitrogen and oxygen atoms in total. The molecule has 2 aromatic rings. The summed E-state index contributed by atoms with van der Waals surface area (Å²) in [5.41, 5.74) is 1.46. The van der Waals surface area contributed by atoms with Crippen LogP contribution in [-0.2, 0) is 5.88 Å². The molecule has 0 radical (unpaired) electrons. The quantitative estimate of drug-likeness (QED) is 0.870. The number of alkyl halides is 1. The minimum Gasteiger partial charge on any atom is -0.497 e. The van der Waals surface area contributed by atoms with Gasteiger partial charge in [0.1, 0.15) is 11.5 Å². The third-order valence-corrected chi connectivity index (χ3v) is 3.00. The SMILES string of the molecule is COc1cccc(NC(=O)c2cc(CCl)c(C)o2)c1. The van der Waals surface area contributed by atoms with Crippen molar-refractivity contribution in [3.63, 3.8) is 0 Å². The molecule has 1 aromatic heterocycles. The van der Waals surface area contributed by atoms with Gasteiger partial charge in [-0.15, -0.1) is 11.6 Å². The van der Waals surface area contributed by atoms with E-state index in [1.54, 1.807) is 44.4 Å². The number of benzene rings is 1. The van der Waals surface area contributed by atoms with Crippen molar-refractivity contribution >= 4 is 23.2 Å². The Morgan fingerprint density at radius 1 is 1.42 bits per heavy atom. The van der Waals surface area contributed by atoms with Gasteiger partial charge in [0, 0.05) is 17.3 Å². The molecule has 0 saturated carbocycles. The Balaban J connectivity index is 2.15. The lowest BCUT2D eigenvalue weighted by Crippen LogP contribution is -2.10. The van der Waals surface area contributed by atoms with E-state index >= 15 is 0 Å². The molecular weight excluding hydrogens is 266 g/mol. The zero-order valence-corrected chi connectivity index (χ0v) is 11.5. The maximum atomic E-state index is 12.0. The molecule has 1 N–H and O–H groups in total. The molecule has 1 aromatic carbocycles. The van der Waals surface area contributed by atoms with Crippen LogP contribution < -0.4 is 10.1 Å². The minimum atomic E-state index is -0.312. The van der Waals surface area contributed by atoms with Gasteiger partial charge in [-0.3, -0.25) is 4.79 Å². The Morgan fingerprint density at radius 3 is 2.84 bits per heavy atom. The molecule has 0 saturated heterocycles. The Hall–Kier alpha value is -1.94. The molecule has 0 fully saturated rings. The first kappa shape index (κ1) is 13.5. The van der Waals surface area contributed by atoms with E-state index in [0.29, 0.717) is 23.1 Å². The van der Waals surface area contributed by atoms with E-state index < -0.39 is 0 Å². The van der Waals surface area contributed by atoms with Crippen LogP contribution in [0.1, 0.15) is 21.9 Å². The highest BCUT2D eigenvalue weighted by Gasteiger charge is 2.14. The summed E-state index contributed by atoms with van der Waals surface area (Å²) in [4.78, 5) is 12.0. The van der Waals surface area contributed by atoms with Crippen molar-refractivity contribution in [1.82, 2.24) is 0 Å². The number of amides is 1. The molecule has 1 amide bonds. The van der Waals surface area contributed by atoms with Crippen LogP contribution in [0.25, 0.3) is 0 Å². The topological polar surface area (TPSA) is 51.5 Å². The largest absolute Gasteiger partial charge is 0.497 e. The van der Waals surface area contributed by atoms with Gasteiger partial charge in [0.15, 0.2) is 5.76 Å². The molecule has 1 heterocycles. The van der Waals surface area contributed by atoms with E-state index in [9.17, 15) is 4.79 Å². The van der Waals surface area contributed by atoms with Gasteiger partial charge >= 0.3 is 0 Å². The third kappa shape index (κ3) is 3.09. The van der Waals surface area contributed by atoms with Crippen LogP contribution in [-0.4, -0.2) is 13.0 Å². The number of halogens is 1. The predicted octanol–water partition coefficient (Wildman–Crippen LogP) is 3.59. The van der Waals surface area contributed by atoms with E-state index in [2.05, 4.69) is 5.32 Å². The molecule has 5 heteroatoms. The molecule has 2 rings (SSSR count). The second-order valence-corrected chi connectivity index (χ2v) is 4.28. The molecule has 19 heavy (non-hydrogen) atoms. The molecule has 0 unspecified atom stereocenters. The fourth-order valence-corrected chi connectivity index (χ4v) is 1.92. The number of carbonyl (C=O) groups is 1. The summed E-state index contributed by atoms with van der Waals surface area (Å²) >= 11 is 5.74. The number of hydrogen-bond donors (Lipinski definition) is 1. The summed E-state index contributed by atoms with van der Waals surface area (Å²) in [6.45, 7) is 1.78. The summed E-state index contributed by atoms with van der Waals surface area (Å²) in [5.74, 6) is 1.59. The zero-order chi connectivity index (χ0) is 13.8. The number of furan rings is 1. The van der Waals surface area contributed by atoms with Gasteiger partial charge in [0.05, 0.1) is 13.0 Å². The van der Waals surface area contributed by atoms with Gasteiger partial charge < -0.3 is 14.5 Å². The van der Waals surface area contributed by atoms with Gasteiger partial charge in [0.25, 0.3) is 5.91 Å². The number of hydrogen-bond acceptors (Lipinski definition) is 3. The number of carbonyl (C=O) groups excluding carboxylic acids is 1. The lowest BCUT2D eigenvalue weighted by atomic mass is 10.2. The van der Waals surface area contributed by atoms with E-state index in [-0.39, 0.29) is 11.7 Å². The van der Waals surface area contributed by atoms with Crippen LogP contribution in [0.3, 0.4) is 0 Å². The molecule has 0 bridgehead atoms. The summed E-state index contributed by atoms with van der Waals surface area (Å²) < 4.78 is 10.5. The summed E-state index contributed by atoms with van der Waals surface area (Å²) in [5, 5.41) is 2.74. The average Bonchev–Trinajstić information content (AvgIpc) is 2.80. The summed E-state index contributed by atoms with van der Waals surface area (Å²) in [6, 6.07) is 8.76. The highest BCUT2D eigenvalue weighted by Crippen LogP contribution is 2.20. The predicted molar refractivity (Wildman–Crippen MR) is 73.9 cm³/mol. The summed E-state index contributed by atoms with van der Waals surface area (Å²) in [7, 11) is 1.57. The Kier molecular flexibility index (Phi) is 4.12. The van der Waals surface area contributed by atoms with Crippen LogP contribution in [0.15, 0.2) is 34.7 Å². The molecular formula is C14H14ClNO3. The van der Waals surface area contributed by atoms with Crippen molar-refractivity contribution in [3.05, 3.63) is 47.4 Å².